The molecule has 19 heteroatoms. The summed E-state index contributed by atoms with van der Waals surface area (Å²) in [4.78, 5) is 12.2. The molecule has 0 spiro atoms. The number of carboxylic acid groups (broad SMARTS) is 1. The van der Waals surface area contributed by atoms with Crippen LogP contribution in [0, 0.1) is 0 Å². The Morgan fingerprint density at radius 2 is 1.39 bits per heavy atom. The lowest BCUT2D eigenvalue weighted by molar-refractivity contribution is -0.363. The number of hydrogen-bond acceptors (Lipinski definition) is 18. The van der Waals surface area contributed by atoms with Gasteiger partial charge in [0.2, 0.25) is 0 Å². The highest BCUT2D eigenvalue weighted by molar-refractivity contribution is 7.80. The first-order chi connectivity index (χ1) is 20.7. The third-order valence-corrected chi connectivity index (χ3v) is 8.44. The third-order valence-electron chi connectivity index (χ3n) is 8.16. The molecular weight excluding hydrogens is 614 g/mol. The van der Waals surface area contributed by atoms with E-state index in [9.17, 15) is 50.8 Å². The van der Waals surface area contributed by atoms with Gasteiger partial charge in [-0.3, -0.25) is 0 Å². The molecule has 0 aliphatic carbocycles. The van der Waals surface area contributed by atoms with Gasteiger partial charge in [-0.25, -0.2) is 4.79 Å². The zero-order valence-electron chi connectivity index (χ0n) is 23.1. The van der Waals surface area contributed by atoms with E-state index in [0.29, 0.717) is 0 Å². The molecule has 0 bridgehead atoms. The molecule has 3 fully saturated rings. The van der Waals surface area contributed by atoms with E-state index in [1.54, 1.807) is 0 Å². The monoisotopic (exact) mass is 653 g/mol. The fourth-order valence-electron chi connectivity index (χ4n) is 5.59. The van der Waals surface area contributed by atoms with Gasteiger partial charge in [0.05, 0.1) is 43.5 Å². The van der Waals surface area contributed by atoms with Gasteiger partial charge in [0.15, 0.2) is 18.9 Å². The van der Waals surface area contributed by atoms with Crippen LogP contribution in [0.3, 0.4) is 0 Å². The normalized spacial score (nSPS) is 44.8. The van der Waals surface area contributed by atoms with Crippen LogP contribution in [-0.4, -0.2) is 158 Å². The van der Waals surface area contributed by atoms with Crippen molar-refractivity contribution in [2.45, 2.75) is 96.3 Å². The van der Waals surface area contributed by atoms with Gasteiger partial charge in [-0.15, -0.1) is 12.6 Å². The summed E-state index contributed by atoms with van der Waals surface area (Å²) in [5.41, 5.74) is 15.0. The molecule has 0 aromatic heterocycles. The Labute approximate surface area is 255 Å². The molecule has 3 aliphatic heterocycles. The molecule has 3 aliphatic rings. The second-order valence-corrected chi connectivity index (χ2v) is 11.4. The number of nitrogens with two attached hydrogens (primary N) is 3. The molecule has 250 valence electrons. The maximum Gasteiger partial charge on any atom is 0.336 e. The largest absolute Gasteiger partial charge is 0.478 e. The number of rotatable bonds is 9. The smallest absolute Gasteiger partial charge is 0.336 e. The highest BCUT2D eigenvalue weighted by Crippen LogP contribution is 2.41. The van der Waals surface area contributed by atoms with Crippen LogP contribution in [0.5, 0.6) is 0 Å². The zero-order chi connectivity index (χ0) is 32.7. The van der Waals surface area contributed by atoms with Crippen LogP contribution >= 0.6 is 12.6 Å². The van der Waals surface area contributed by atoms with Crippen molar-refractivity contribution < 1.29 is 74.4 Å². The Morgan fingerprint density at radius 3 is 1.95 bits per heavy atom. The quantitative estimate of drug-likeness (QED) is 0.110. The predicted molar refractivity (Wildman–Crippen MR) is 146 cm³/mol. The average Bonchev–Trinajstić information content (AvgIpc) is 3.00. The van der Waals surface area contributed by atoms with Crippen molar-refractivity contribution in [2.24, 2.45) is 17.2 Å². The second-order valence-electron chi connectivity index (χ2n) is 10.9. The van der Waals surface area contributed by atoms with Crippen molar-refractivity contribution in [2.75, 3.05) is 19.8 Å². The molecule has 0 radical (unpaired) electrons. The number of benzene rings is 1. The van der Waals surface area contributed by atoms with Crippen LogP contribution < -0.4 is 17.2 Å². The first kappa shape index (κ1) is 35.3. The molecule has 1 aromatic carbocycles. The number of carbonyl (C=O) groups is 1. The molecule has 44 heavy (non-hydrogen) atoms. The standard InChI is InChI=1S/C25H39N3O15S/c26-12-15(32)18(10(4-29)39-22(12)38)41-23-13(27)16(33)19(11(5-30)40-23)42-24-14(28)17(34)20(35)25(6-31,43-24)9-3-7(44)1-2-8(9)21(36)37/h1-3,10-20,22-24,29-35,38,44H,4-6,26-28H2,(H,36,37)/t10-,11-,12-,13-,14-,15-,16-,17-,18?,19?,20+,22-,23+,24+,25+/m1/s1. The maximum absolute atomic E-state index is 12.0. The average molecular weight is 654 g/mol. The van der Waals surface area contributed by atoms with E-state index in [1.807, 2.05) is 0 Å². The highest BCUT2D eigenvalue weighted by Gasteiger charge is 2.57. The first-order valence-corrected chi connectivity index (χ1v) is 14.0. The van der Waals surface area contributed by atoms with Gasteiger partial charge in [-0.2, -0.15) is 0 Å². The number of aliphatic hydroxyl groups excluding tert-OH is 8. The van der Waals surface area contributed by atoms with E-state index in [-0.39, 0.29) is 10.5 Å². The summed E-state index contributed by atoms with van der Waals surface area (Å²) in [5, 5.41) is 93.3. The molecule has 1 aromatic rings. The highest BCUT2D eigenvalue weighted by atomic mass is 32.1. The first-order valence-electron chi connectivity index (χ1n) is 13.6. The molecule has 0 amide bonds. The van der Waals surface area contributed by atoms with E-state index in [0.717, 1.165) is 6.07 Å². The van der Waals surface area contributed by atoms with Crippen LogP contribution in [0.4, 0.5) is 0 Å². The van der Waals surface area contributed by atoms with Crippen molar-refractivity contribution in [3.8, 4) is 0 Å². The van der Waals surface area contributed by atoms with Crippen LogP contribution in [-0.2, 0) is 29.3 Å². The van der Waals surface area contributed by atoms with E-state index < -0.39 is 123 Å². The van der Waals surface area contributed by atoms with Crippen LogP contribution in [0.15, 0.2) is 23.1 Å². The summed E-state index contributed by atoms with van der Waals surface area (Å²) < 4.78 is 28.3. The van der Waals surface area contributed by atoms with Crippen molar-refractivity contribution in [3.05, 3.63) is 29.3 Å². The minimum absolute atomic E-state index is 0.233. The fraction of sp³-hybridized carbons (Fsp3) is 0.720. The molecule has 18 nitrogen and oxygen atoms in total. The summed E-state index contributed by atoms with van der Waals surface area (Å²) in [6.07, 6.45) is -17.7. The number of ether oxygens (including phenoxy) is 5. The molecule has 2 unspecified atom stereocenters. The van der Waals surface area contributed by atoms with Gasteiger partial charge < -0.3 is 86.8 Å². The molecule has 3 saturated heterocycles. The Kier molecular flexibility index (Phi) is 11.2. The lowest BCUT2D eigenvalue weighted by atomic mass is 9.79. The van der Waals surface area contributed by atoms with E-state index in [2.05, 4.69) is 12.6 Å². The summed E-state index contributed by atoms with van der Waals surface area (Å²) in [5.74, 6) is -1.44. The number of aliphatic hydroxyl groups is 8. The van der Waals surface area contributed by atoms with Crippen LogP contribution in [0.1, 0.15) is 15.9 Å². The topological polar surface area (TPSA) is 323 Å². The van der Waals surface area contributed by atoms with Crippen molar-refractivity contribution in [1.82, 2.24) is 0 Å². The minimum atomic E-state index is -2.31. The van der Waals surface area contributed by atoms with Gasteiger partial charge in [0.1, 0.15) is 54.4 Å². The van der Waals surface area contributed by atoms with Crippen LogP contribution in [0.25, 0.3) is 0 Å². The van der Waals surface area contributed by atoms with Crippen molar-refractivity contribution in [1.29, 1.82) is 0 Å². The Morgan fingerprint density at radius 1 is 0.841 bits per heavy atom. The lowest BCUT2D eigenvalue weighted by Crippen LogP contribution is -2.70. The second kappa shape index (κ2) is 14.0. The van der Waals surface area contributed by atoms with Crippen molar-refractivity contribution >= 4 is 18.6 Å². The van der Waals surface area contributed by atoms with Crippen molar-refractivity contribution in [3.63, 3.8) is 0 Å². The number of hydrogen-bond donors (Lipinski definition) is 13. The molecular formula is C25H39N3O15S. The summed E-state index contributed by atoms with van der Waals surface area (Å²) in [7, 11) is 0. The number of thiol groups is 1. The van der Waals surface area contributed by atoms with Crippen LogP contribution in [0.2, 0.25) is 0 Å². The van der Waals surface area contributed by atoms with Gasteiger partial charge >= 0.3 is 5.97 Å². The zero-order valence-corrected chi connectivity index (χ0v) is 24.0. The van der Waals surface area contributed by atoms with Gasteiger partial charge in [0.25, 0.3) is 0 Å². The molecule has 15 atom stereocenters. The predicted octanol–water partition coefficient (Wildman–Crippen LogP) is -6.16. The van der Waals surface area contributed by atoms with E-state index in [1.165, 1.54) is 12.1 Å². The maximum atomic E-state index is 12.0. The Hall–Kier alpha value is -1.60. The number of aromatic carboxylic acids is 1. The lowest BCUT2D eigenvalue weighted by Gasteiger charge is -2.51. The van der Waals surface area contributed by atoms with Gasteiger partial charge in [-0.1, -0.05) is 0 Å². The summed E-state index contributed by atoms with van der Waals surface area (Å²) >= 11 is 4.20. The minimum Gasteiger partial charge on any atom is -0.478 e. The third kappa shape index (κ3) is 6.35. The van der Waals surface area contributed by atoms with E-state index in [4.69, 9.17) is 40.9 Å². The molecule has 15 N–H and O–H groups in total. The summed E-state index contributed by atoms with van der Waals surface area (Å²) in [6.45, 7) is -2.59. The molecule has 4 rings (SSSR count). The Balaban J connectivity index is 1.60. The SMILES string of the molecule is N[C@H]1[C@@H](OC2[C@@H](CO)O[C@@H](OC3[C@@H](CO)O[C@@H](O)[C@H](N)[C@H]3O)[C@H](N)[C@H]2O)O[C@@](CO)(c2cc(S)ccc2C(=O)O)[C@@H](O)[C@@H]1O. The molecule has 3 heterocycles. The molecule has 0 saturated carbocycles. The van der Waals surface area contributed by atoms with Gasteiger partial charge in [-0.05, 0) is 18.2 Å². The summed E-state index contributed by atoms with van der Waals surface area (Å²) in [6, 6.07) is -0.608. The van der Waals surface area contributed by atoms with E-state index >= 15 is 0 Å². The number of carboxylic acids is 1. The van der Waals surface area contributed by atoms with Gasteiger partial charge in [0, 0.05) is 10.5 Å². The Bertz CT molecular complexity index is 1150. The fourth-order valence-corrected chi connectivity index (χ4v) is 5.79.